The minimum absolute atomic E-state index is 0.298. The number of nitrogens with one attached hydrogen (secondary N) is 4. The second-order valence-corrected chi connectivity index (χ2v) is 14.5. The second-order valence-electron chi connectivity index (χ2n) is 14.5. The molecule has 9 nitrogen and oxygen atoms in total. The number of benzene rings is 6. The van der Waals surface area contributed by atoms with E-state index in [-0.39, 0.29) is 23.3 Å². The maximum absolute atomic E-state index is 14.0. The van der Waals surface area contributed by atoms with Crippen molar-refractivity contribution in [2.24, 2.45) is 0 Å². The van der Waals surface area contributed by atoms with Gasteiger partial charge in [-0.15, -0.1) is 0 Å². The van der Waals surface area contributed by atoms with Crippen molar-refractivity contribution in [1.82, 2.24) is 24.8 Å². The van der Waals surface area contributed by atoms with Crippen LogP contribution in [0.2, 0.25) is 0 Å². The number of morpholine rings is 1. The highest BCUT2D eigenvalue weighted by Crippen LogP contribution is 2.43. The largest absolute Gasteiger partial charge is 0.488 e. The molecule has 13 heteroatoms. The van der Waals surface area contributed by atoms with Crippen LogP contribution in [-0.4, -0.2) is 84.6 Å². The van der Waals surface area contributed by atoms with Crippen molar-refractivity contribution >= 4 is 87.2 Å². The number of fused-ring (bicyclic) bond motifs is 12. The van der Waals surface area contributed by atoms with Crippen LogP contribution in [0, 0.1) is 23.3 Å². The minimum atomic E-state index is -0.310. The topological polar surface area (TPSA) is 103 Å². The molecular formula is C45H37F4N5O4. The SMILES string of the molecule is COCCOc1c2[nH]c3ccc(F)cc3c2cc2c1[nH]c1ccc(F)cc12.Fc1ccc2[nH]c3c(OCCN4CCOCC4)c4[nH]c5ccc(F)cc5c4cc3c2c1. The Morgan fingerprint density at radius 3 is 1.21 bits per heavy atom. The zero-order valence-electron chi connectivity index (χ0n) is 31.3. The van der Waals surface area contributed by atoms with Gasteiger partial charge in [0.15, 0.2) is 11.5 Å². The summed E-state index contributed by atoms with van der Waals surface area (Å²) in [5.74, 6) is 0.0777. The van der Waals surface area contributed by atoms with Crippen molar-refractivity contribution in [1.29, 1.82) is 0 Å². The van der Waals surface area contributed by atoms with Gasteiger partial charge < -0.3 is 38.9 Å². The zero-order valence-corrected chi connectivity index (χ0v) is 31.3. The normalized spacial score (nSPS) is 13.9. The van der Waals surface area contributed by atoms with E-state index in [1.165, 1.54) is 48.5 Å². The first-order chi connectivity index (χ1) is 28.3. The van der Waals surface area contributed by atoms with Crippen LogP contribution in [0.4, 0.5) is 17.6 Å². The fraction of sp³-hybridized carbons (Fsp3) is 0.200. The smallest absolute Gasteiger partial charge is 0.167 e. The number of hydrogen-bond donors (Lipinski definition) is 4. The Labute approximate surface area is 327 Å². The van der Waals surface area contributed by atoms with Crippen LogP contribution in [0.3, 0.4) is 0 Å². The molecule has 11 rings (SSSR count). The number of rotatable bonds is 8. The van der Waals surface area contributed by atoms with Gasteiger partial charge in [-0.3, -0.25) is 4.90 Å². The molecule has 1 fully saturated rings. The quantitative estimate of drug-likeness (QED) is 0.0907. The number of aromatic nitrogens is 4. The summed E-state index contributed by atoms with van der Waals surface area (Å²) in [6.07, 6.45) is 0. The summed E-state index contributed by atoms with van der Waals surface area (Å²) in [6.45, 7) is 5.33. The molecule has 0 bridgehead atoms. The summed E-state index contributed by atoms with van der Waals surface area (Å²) in [6, 6.07) is 22.5. The van der Waals surface area contributed by atoms with Crippen molar-refractivity contribution in [2.75, 3.05) is 59.8 Å². The number of halogens is 4. The molecule has 5 heterocycles. The van der Waals surface area contributed by atoms with Gasteiger partial charge in [0.05, 0.1) is 41.9 Å². The van der Waals surface area contributed by atoms with Gasteiger partial charge >= 0.3 is 0 Å². The molecule has 0 aliphatic carbocycles. The molecular weight excluding hydrogens is 751 g/mol. The predicted octanol–water partition coefficient (Wildman–Crippen LogP) is 10.2. The average Bonchev–Trinajstić information content (AvgIpc) is 3.98. The maximum Gasteiger partial charge on any atom is 0.167 e. The molecule has 0 saturated carbocycles. The highest BCUT2D eigenvalue weighted by molar-refractivity contribution is 6.22. The minimum Gasteiger partial charge on any atom is -0.488 e. The Hall–Kier alpha value is -6.28. The van der Waals surface area contributed by atoms with E-state index < -0.39 is 0 Å². The van der Waals surface area contributed by atoms with Gasteiger partial charge in [-0.05, 0) is 84.9 Å². The molecule has 0 amide bonds. The van der Waals surface area contributed by atoms with E-state index in [1.54, 1.807) is 31.4 Å². The lowest BCUT2D eigenvalue weighted by Crippen LogP contribution is -2.38. The standard InChI is InChI=1S/C24H21F2N3O2.C21H16F2N2O2/c25-14-1-3-20-16(11-14)18-13-19-17-12-15(26)2-4-21(17)28-23(19)24(22(18)27-20)31-10-7-29-5-8-30-9-6-29;1-26-6-7-27-21-19-15(13-8-11(22)2-4-17(13)24-19)10-16-14-9-12(23)3-5-18(14)25-20(16)21/h1-4,11-13,27-28H,5-10H2;2-5,8-10,24-25H,6-7H2,1H3. The summed E-state index contributed by atoms with van der Waals surface area (Å²) < 4.78 is 78.5. The third kappa shape index (κ3) is 6.31. The number of nitrogens with zero attached hydrogens (tertiary/aromatic N) is 1. The molecule has 6 aromatic carbocycles. The third-order valence-corrected chi connectivity index (χ3v) is 11.0. The molecule has 0 atom stereocenters. The van der Waals surface area contributed by atoms with Crippen molar-refractivity contribution in [3.8, 4) is 11.5 Å². The Kier molecular flexibility index (Phi) is 9.07. The van der Waals surface area contributed by atoms with Gasteiger partial charge in [-0.2, -0.15) is 0 Å². The van der Waals surface area contributed by atoms with Gasteiger partial charge in [0.1, 0.15) is 36.5 Å². The van der Waals surface area contributed by atoms with E-state index >= 15 is 0 Å². The fourth-order valence-electron chi connectivity index (χ4n) is 8.21. The van der Waals surface area contributed by atoms with E-state index in [1.807, 2.05) is 12.1 Å². The second kappa shape index (κ2) is 14.6. The lowest BCUT2D eigenvalue weighted by molar-refractivity contribution is 0.0324. The fourth-order valence-corrected chi connectivity index (χ4v) is 8.21. The van der Waals surface area contributed by atoms with E-state index in [0.717, 1.165) is 120 Å². The Morgan fingerprint density at radius 1 is 0.483 bits per heavy atom. The summed E-state index contributed by atoms with van der Waals surface area (Å²) in [5, 5.41) is 6.44. The lowest BCUT2D eigenvalue weighted by atomic mass is 10.1. The molecule has 0 spiro atoms. The highest BCUT2D eigenvalue weighted by atomic mass is 19.1. The van der Waals surface area contributed by atoms with Crippen molar-refractivity contribution in [3.05, 3.63) is 108 Å². The van der Waals surface area contributed by atoms with E-state index in [9.17, 15) is 17.6 Å². The van der Waals surface area contributed by atoms with Crippen LogP contribution in [0.25, 0.3) is 87.2 Å². The zero-order chi connectivity index (χ0) is 39.5. The first-order valence-electron chi connectivity index (χ1n) is 19.1. The summed E-state index contributed by atoms with van der Waals surface area (Å²) in [4.78, 5) is 15.7. The molecule has 0 unspecified atom stereocenters. The molecule has 0 radical (unpaired) electrons. The van der Waals surface area contributed by atoms with Gasteiger partial charge in [-0.1, -0.05) is 0 Å². The molecule has 4 aromatic heterocycles. The molecule has 10 aromatic rings. The summed E-state index contributed by atoms with van der Waals surface area (Å²) >= 11 is 0. The summed E-state index contributed by atoms with van der Waals surface area (Å²) in [7, 11) is 1.61. The van der Waals surface area contributed by atoms with Gasteiger partial charge in [0, 0.05) is 91.9 Å². The Bertz CT molecular complexity index is 2990. The first kappa shape index (κ1) is 36.1. The Morgan fingerprint density at radius 2 is 0.845 bits per heavy atom. The van der Waals surface area contributed by atoms with Crippen LogP contribution in [0.5, 0.6) is 11.5 Å². The van der Waals surface area contributed by atoms with Gasteiger partial charge in [0.2, 0.25) is 0 Å². The van der Waals surface area contributed by atoms with E-state index in [2.05, 4.69) is 24.8 Å². The van der Waals surface area contributed by atoms with Crippen molar-refractivity contribution < 1.29 is 36.5 Å². The number of H-pyrrole nitrogens is 4. The van der Waals surface area contributed by atoms with Gasteiger partial charge in [-0.25, -0.2) is 17.6 Å². The monoisotopic (exact) mass is 787 g/mol. The van der Waals surface area contributed by atoms with Crippen molar-refractivity contribution in [3.63, 3.8) is 0 Å². The number of ether oxygens (including phenoxy) is 4. The number of aromatic amines is 4. The van der Waals surface area contributed by atoms with Crippen LogP contribution in [-0.2, 0) is 9.47 Å². The molecule has 1 aliphatic heterocycles. The Balaban J connectivity index is 0.000000142. The van der Waals surface area contributed by atoms with Crippen LogP contribution in [0.1, 0.15) is 0 Å². The molecule has 58 heavy (non-hydrogen) atoms. The molecule has 4 N–H and O–H groups in total. The summed E-state index contributed by atoms with van der Waals surface area (Å²) in [5.41, 5.74) is 6.44. The van der Waals surface area contributed by atoms with Crippen LogP contribution in [0.15, 0.2) is 84.9 Å². The predicted molar refractivity (Wildman–Crippen MR) is 220 cm³/mol. The molecule has 1 saturated heterocycles. The highest BCUT2D eigenvalue weighted by Gasteiger charge is 2.21. The first-order valence-corrected chi connectivity index (χ1v) is 19.1. The van der Waals surface area contributed by atoms with E-state index in [4.69, 9.17) is 18.9 Å². The average molecular weight is 788 g/mol. The molecule has 1 aliphatic rings. The maximum atomic E-state index is 14.0. The van der Waals surface area contributed by atoms with Crippen LogP contribution < -0.4 is 9.47 Å². The number of hydrogen-bond acceptors (Lipinski definition) is 5. The molecule has 294 valence electrons. The van der Waals surface area contributed by atoms with Gasteiger partial charge in [0.25, 0.3) is 0 Å². The van der Waals surface area contributed by atoms with E-state index in [0.29, 0.717) is 31.3 Å². The van der Waals surface area contributed by atoms with Crippen molar-refractivity contribution in [2.45, 2.75) is 0 Å². The van der Waals surface area contributed by atoms with Crippen LogP contribution >= 0.6 is 0 Å². The number of methoxy groups -OCH3 is 1. The lowest BCUT2D eigenvalue weighted by Gasteiger charge is -2.26. The third-order valence-electron chi connectivity index (χ3n) is 11.0.